The van der Waals surface area contributed by atoms with Crippen molar-refractivity contribution in [2.75, 3.05) is 0 Å². The first kappa shape index (κ1) is 15.1. The van der Waals surface area contributed by atoms with Crippen LogP contribution in [-0.2, 0) is 6.42 Å². The highest BCUT2D eigenvalue weighted by atomic mass is 19.2. The van der Waals surface area contributed by atoms with Crippen molar-refractivity contribution in [3.63, 3.8) is 0 Å². The molecule has 0 radical (unpaired) electrons. The molecule has 1 atom stereocenters. The van der Waals surface area contributed by atoms with Crippen molar-refractivity contribution in [3.8, 4) is 0 Å². The van der Waals surface area contributed by atoms with Crippen LogP contribution >= 0.6 is 0 Å². The fourth-order valence-corrected chi connectivity index (χ4v) is 2.12. The van der Waals surface area contributed by atoms with Gasteiger partial charge in [-0.15, -0.1) is 0 Å². The van der Waals surface area contributed by atoms with Crippen LogP contribution in [0.1, 0.15) is 45.6 Å². The molecule has 1 aromatic rings. The van der Waals surface area contributed by atoms with Crippen molar-refractivity contribution in [1.82, 2.24) is 5.32 Å². The van der Waals surface area contributed by atoms with E-state index in [-0.39, 0.29) is 0 Å². The molecular formula is C15H23F2N. The zero-order chi connectivity index (χ0) is 13.5. The summed E-state index contributed by atoms with van der Waals surface area (Å²) in [6.45, 7) is 6.36. The molecule has 0 aliphatic carbocycles. The first-order chi connectivity index (χ1) is 8.52. The van der Waals surface area contributed by atoms with Crippen LogP contribution in [0.4, 0.5) is 8.78 Å². The molecule has 0 bridgehead atoms. The summed E-state index contributed by atoms with van der Waals surface area (Å²) in [6, 6.07) is 4.90. The second-order valence-corrected chi connectivity index (χ2v) is 5.11. The lowest BCUT2D eigenvalue weighted by Crippen LogP contribution is -2.36. The van der Waals surface area contributed by atoms with Crippen molar-refractivity contribution in [3.05, 3.63) is 35.4 Å². The van der Waals surface area contributed by atoms with E-state index in [9.17, 15) is 8.78 Å². The fraction of sp³-hybridized carbons (Fsp3) is 0.600. The standard InChI is InChI=1S/C15H23F2N/c1-4-5-6-13(18-11(2)3)9-12-7-8-14(16)15(17)10-12/h7-8,10-11,13,18H,4-6,9H2,1-3H3. The van der Waals surface area contributed by atoms with E-state index in [0.29, 0.717) is 12.1 Å². The average molecular weight is 255 g/mol. The van der Waals surface area contributed by atoms with Crippen LogP contribution in [0, 0.1) is 11.6 Å². The number of benzene rings is 1. The third kappa shape index (κ3) is 5.13. The molecule has 0 heterocycles. The Hall–Kier alpha value is -0.960. The highest BCUT2D eigenvalue weighted by molar-refractivity contribution is 5.18. The van der Waals surface area contributed by atoms with Crippen molar-refractivity contribution in [1.29, 1.82) is 0 Å². The zero-order valence-corrected chi connectivity index (χ0v) is 11.5. The zero-order valence-electron chi connectivity index (χ0n) is 11.5. The van der Waals surface area contributed by atoms with Crippen molar-refractivity contribution in [2.24, 2.45) is 0 Å². The van der Waals surface area contributed by atoms with Gasteiger partial charge in [-0.1, -0.05) is 39.7 Å². The molecule has 0 saturated carbocycles. The molecule has 1 nitrogen and oxygen atoms in total. The Morgan fingerprint density at radius 2 is 1.89 bits per heavy atom. The highest BCUT2D eigenvalue weighted by Crippen LogP contribution is 2.13. The molecule has 0 aliphatic heterocycles. The van der Waals surface area contributed by atoms with Crippen LogP contribution in [0.5, 0.6) is 0 Å². The molecule has 1 unspecified atom stereocenters. The minimum atomic E-state index is -0.777. The summed E-state index contributed by atoms with van der Waals surface area (Å²) in [6.07, 6.45) is 4.10. The predicted octanol–water partition coefficient (Wildman–Crippen LogP) is 4.06. The largest absolute Gasteiger partial charge is 0.311 e. The summed E-state index contributed by atoms with van der Waals surface area (Å²) < 4.78 is 26.0. The van der Waals surface area contributed by atoms with Gasteiger partial charge < -0.3 is 5.32 Å². The second kappa shape index (κ2) is 7.47. The summed E-state index contributed by atoms with van der Waals surface area (Å²) >= 11 is 0. The summed E-state index contributed by atoms with van der Waals surface area (Å²) in [4.78, 5) is 0. The first-order valence-corrected chi connectivity index (χ1v) is 6.73. The lowest BCUT2D eigenvalue weighted by molar-refractivity contribution is 0.423. The van der Waals surface area contributed by atoms with Crippen molar-refractivity contribution < 1.29 is 8.78 Å². The van der Waals surface area contributed by atoms with E-state index in [4.69, 9.17) is 0 Å². The Kier molecular flexibility index (Phi) is 6.27. The minimum Gasteiger partial charge on any atom is -0.311 e. The molecule has 0 aliphatic rings. The summed E-state index contributed by atoms with van der Waals surface area (Å²) in [5.41, 5.74) is 0.850. The van der Waals surface area contributed by atoms with E-state index < -0.39 is 11.6 Å². The van der Waals surface area contributed by atoms with Gasteiger partial charge in [0.1, 0.15) is 0 Å². The van der Waals surface area contributed by atoms with E-state index in [1.54, 1.807) is 6.07 Å². The minimum absolute atomic E-state index is 0.329. The number of hydrogen-bond acceptors (Lipinski definition) is 1. The molecule has 0 aromatic heterocycles. The van der Waals surface area contributed by atoms with Crippen LogP contribution in [0.3, 0.4) is 0 Å². The molecule has 3 heteroatoms. The topological polar surface area (TPSA) is 12.0 Å². The Morgan fingerprint density at radius 1 is 1.17 bits per heavy atom. The predicted molar refractivity (Wildman–Crippen MR) is 71.6 cm³/mol. The molecule has 102 valence electrons. The number of halogens is 2. The Morgan fingerprint density at radius 3 is 2.44 bits per heavy atom. The van der Waals surface area contributed by atoms with E-state index in [1.807, 2.05) is 0 Å². The van der Waals surface area contributed by atoms with Crippen LogP contribution in [-0.4, -0.2) is 12.1 Å². The van der Waals surface area contributed by atoms with Crippen molar-refractivity contribution >= 4 is 0 Å². The summed E-state index contributed by atoms with van der Waals surface area (Å²) in [5, 5.41) is 3.48. The van der Waals surface area contributed by atoms with Gasteiger partial charge in [-0.2, -0.15) is 0 Å². The lowest BCUT2D eigenvalue weighted by atomic mass is 10.00. The van der Waals surface area contributed by atoms with E-state index in [1.165, 1.54) is 12.1 Å². The third-order valence-electron chi connectivity index (χ3n) is 2.94. The monoisotopic (exact) mass is 255 g/mol. The molecule has 0 amide bonds. The summed E-state index contributed by atoms with van der Waals surface area (Å²) in [7, 11) is 0. The van der Waals surface area contributed by atoms with Gasteiger partial charge in [-0.25, -0.2) is 8.78 Å². The van der Waals surface area contributed by atoms with Crippen LogP contribution in [0.15, 0.2) is 18.2 Å². The molecular weight excluding hydrogens is 232 g/mol. The molecule has 1 N–H and O–H groups in total. The molecule has 1 aromatic carbocycles. The Bertz CT molecular complexity index is 364. The maximum Gasteiger partial charge on any atom is 0.159 e. The van der Waals surface area contributed by atoms with Gasteiger partial charge in [0.2, 0.25) is 0 Å². The first-order valence-electron chi connectivity index (χ1n) is 6.73. The second-order valence-electron chi connectivity index (χ2n) is 5.11. The smallest absolute Gasteiger partial charge is 0.159 e. The maximum absolute atomic E-state index is 13.1. The summed E-state index contributed by atoms with van der Waals surface area (Å²) in [5.74, 6) is -1.54. The SMILES string of the molecule is CCCCC(Cc1ccc(F)c(F)c1)NC(C)C. The fourth-order valence-electron chi connectivity index (χ4n) is 2.12. The molecule has 0 saturated heterocycles. The van der Waals surface area contributed by atoms with Gasteiger partial charge in [0.25, 0.3) is 0 Å². The van der Waals surface area contributed by atoms with Gasteiger partial charge in [0, 0.05) is 12.1 Å². The lowest BCUT2D eigenvalue weighted by Gasteiger charge is -2.21. The number of unbranched alkanes of at least 4 members (excludes halogenated alkanes) is 1. The highest BCUT2D eigenvalue weighted by Gasteiger charge is 2.11. The molecule has 0 spiro atoms. The molecule has 0 fully saturated rings. The van der Waals surface area contributed by atoms with Crippen LogP contribution < -0.4 is 5.32 Å². The van der Waals surface area contributed by atoms with Crippen LogP contribution in [0.2, 0.25) is 0 Å². The van der Waals surface area contributed by atoms with E-state index in [2.05, 4.69) is 26.1 Å². The number of hydrogen-bond donors (Lipinski definition) is 1. The third-order valence-corrected chi connectivity index (χ3v) is 2.94. The Balaban J connectivity index is 2.65. The van der Waals surface area contributed by atoms with E-state index in [0.717, 1.165) is 31.2 Å². The van der Waals surface area contributed by atoms with E-state index >= 15 is 0 Å². The van der Waals surface area contributed by atoms with Gasteiger partial charge in [0.05, 0.1) is 0 Å². The maximum atomic E-state index is 13.1. The van der Waals surface area contributed by atoms with Gasteiger partial charge >= 0.3 is 0 Å². The number of rotatable bonds is 7. The van der Waals surface area contributed by atoms with Gasteiger partial charge in [-0.05, 0) is 30.5 Å². The average Bonchev–Trinajstić information content (AvgIpc) is 2.30. The molecule has 18 heavy (non-hydrogen) atoms. The normalized spacial score (nSPS) is 13.0. The van der Waals surface area contributed by atoms with Crippen LogP contribution in [0.25, 0.3) is 0 Å². The molecule has 1 rings (SSSR count). The Labute approximate surface area is 109 Å². The van der Waals surface area contributed by atoms with Crippen molar-refractivity contribution in [2.45, 2.75) is 58.5 Å². The number of nitrogens with one attached hydrogen (secondary N) is 1. The van der Waals surface area contributed by atoms with Gasteiger partial charge in [-0.3, -0.25) is 0 Å². The quantitative estimate of drug-likeness (QED) is 0.774. The van der Waals surface area contributed by atoms with Gasteiger partial charge in [0.15, 0.2) is 11.6 Å².